The van der Waals surface area contributed by atoms with Gasteiger partial charge in [0.25, 0.3) is 0 Å². The Balaban J connectivity index is 2.34. The predicted molar refractivity (Wildman–Crippen MR) is 65.3 cm³/mol. The maximum Gasteiger partial charge on any atom is 0.389 e. The summed E-state index contributed by atoms with van der Waals surface area (Å²) >= 11 is 0. The van der Waals surface area contributed by atoms with Gasteiger partial charge in [-0.05, 0) is 31.6 Å². The molecular weight excluding hydrogens is 243 g/mol. The molecule has 2 nitrogen and oxygen atoms in total. The normalized spacial score (nSPS) is 21.8. The third-order valence-electron chi connectivity index (χ3n) is 3.81. The second-order valence-electron chi connectivity index (χ2n) is 5.27. The molecule has 0 saturated heterocycles. The molecule has 2 atom stereocenters. The van der Waals surface area contributed by atoms with E-state index in [4.69, 9.17) is 10.5 Å². The van der Waals surface area contributed by atoms with Crippen molar-refractivity contribution < 1.29 is 17.9 Å². The van der Waals surface area contributed by atoms with E-state index in [2.05, 4.69) is 0 Å². The highest BCUT2D eigenvalue weighted by Gasteiger charge is 2.30. The summed E-state index contributed by atoms with van der Waals surface area (Å²) in [6.07, 6.45) is 1.35. The summed E-state index contributed by atoms with van der Waals surface area (Å²) in [6, 6.07) is -0.277. The van der Waals surface area contributed by atoms with Crippen LogP contribution in [0.15, 0.2) is 0 Å². The van der Waals surface area contributed by atoms with Gasteiger partial charge in [-0.25, -0.2) is 0 Å². The van der Waals surface area contributed by atoms with Crippen LogP contribution >= 0.6 is 0 Å². The highest BCUT2D eigenvalue weighted by atomic mass is 19.4. The molecule has 2 N–H and O–H groups in total. The molecule has 0 aromatic carbocycles. The average Bonchev–Trinajstić information content (AvgIpc) is 2.29. The van der Waals surface area contributed by atoms with Gasteiger partial charge in [-0.2, -0.15) is 13.2 Å². The lowest BCUT2D eigenvalue weighted by Gasteiger charge is -2.33. The standard InChI is InChI=1S/C13H24F3NO/c1-18-12(10-6-3-2-4-7-10)11(17)8-5-9-13(14,15)16/h10-12H,2-9,17H2,1H3. The van der Waals surface area contributed by atoms with Crippen LogP contribution in [0.2, 0.25) is 0 Å². The van der Waals surface area contributed by atoms with Crippen molar-refractivity contribution >= 4 is 0 Å². The Kier molecular flexibility index (Phi) is 6.43. The van der Waals surface area contributed by atoms with Crippen LogP contribution in [0, 0.1) is 5.92 Å². The molecule has 0 aliphatic heterocycles. The van der Waals surface area contributed by atoms with E-state index in [9.17, 15) is 13.2 Å². The van der Waals surface area contributed by atoms with E-state index in [-0.39, 0.29) is 18.6 Å². The number of methoxy groups -OCH3 is 1. The highest BCUT2D eigenvalue weighted by molar-refractivity contribution is 4.82. The molecule has 0 amide bonds. The van der Waals surface area contributed by atoms with E-state index in [0.29, 0.717) is 12.3 Å². The summed E-state index contributed by atoms with van der Waals surface area (Å²) in [5.74, 6) is 0.421. The third kappa shape index (κ3) is 5.57. The molecule has 0 aromatic rings. The average molecular weight is 267 g/mol. The molecular formula is C13H24F3NO. The topological polar surface area (TPSA) is 35.2 Å². The van der Waals surface area contributed by atoms with Gasteiger partial charge in [-0.3, -0.25) is 0 Å². The van der Waals surface area contributed by atoms with Crippen LogP contribution in [0.3, 0.4) is 0 Å². The number of hydrogen-bond donors (Lipinski definition) is 1. The first kappa shape index (κ1) is 15.8. The van der Waals surface area contributed by atoms with Gasteiger partial charge >= 0.3 is 6.18 Å². The number of hydrogen-bond acceptors (Lipinski definition) is 2. The van der Waals surface area contributed by atoms with Gasteiger partial charge in [-0.15, -0.1) is 0 Å². The van der Waals surface area contributed by atoms with Crippen LogP contribution < -0.4 is 5.73 Å². The van der Waals surface area contributed by atoms with Crippen LogP contribution in [0.5, 0.6) is 0 Å². The molecule has 18 heavy (non-hydrogen) atoms. The monoisotopic (exact) mass is 267 g/mol. The summed E-state index contributed by atoms with van der Waals surface area (Å²) in [5, 5.41) is 0. The Morgan fingerprint density at radius 2 is 1.83 bits per heavy atom. The zero-order chi connectivity index (χ0) is 13.6. The predicted octanol–water partition coefficient (Wildman–Crippen LogP) is 3.64. The Hall–Kier alpha value is -0.290. The van der Waals surface area contributed by atoms with Gasteiger partial charge in [0.15, 0.2) is 0 Å². The third-order valence-corrected chi connectivity index (χ3v) is 3.81. The number of alkyl halides is 3. The van der Waals surface area contributed by atoms with Gasteiger partial charge in [0.2, 0.25) is 0 Å². The summed E-state index contributed by atoms with van der Waals surface area (Å²) in [6.45, 7) is 0. The first-order valence-electron chi connectivity index (χ1n) is 6.79. The summed E-state index contributed by atoms with van der Waals surface area (Å²) in [7, 11) is 1.61. The van der Waals surface area contributed by atoms with Crippen molar-refractivity contribution in [2.75, 3.05) is 7.11 Å². The SMILES string of the molecule is COC(C(N)CCCC(F)(F)F)C1CCCCC1. The number of rotatable bonds is 6. The minimum absolute atomic E-state index is 0.0847. The van der Waals surface area contributed by atoms with Crippen molar-refractivity contribution in [1.29, 1.82) is 0 Å². The first-order valence-corrected chi connectivity index (χ1v) is 6.79. The Labute approximate surface area is 107 Å². The molecule has 0 bridgehead atoms. The molecule has 1 aliphatic rings. The van der Waals surface area contributed by atoms with Crippen molar-refractivity contribution in [3.8, 4) is 0 Å². The molecule has 1 aliphatic carbocycles. The van der Waals surface area contributed by atoms with Crippen LogP contribution in [-0.2, 0) is 4.74 Å². The largest absolute Gasteiger partial charge is 0.389 e. The van der Waals surface area contributed by atoms with Crippen LogP contribution in [0.25, 0.3) is 0 Å². The summed E-state index contributed by atoms with van der Waals surface area (Å²) in [5.41, 5.74) is 6.00. The fourth-order valence-corrected chi connectivity index (χ4v) is 2.88. The van der Waals surface area contributed by atoms with Crippen molar-refractivity contribution in [2.24, 2.45) is 11.7 Å². The minimum Gasteiger partial charge on any atom is -0.380 e. The highest BCUT2D eigenvalue weighted by Crippen LogP contribution is 2.30. The molecule has 1 rings (SSSR count). The smallest absolute Gasteiger partial charge is 0.380 e. The maximum absolute atomic E-state index is 12.1. The van der Waals surface area contributed by atoms with Crippen molar-refractivity contribution in [3.05, 3.63) is 0 Å². The molecule has 0 radical (unpaired) electrons. The zero-order valence-electron chi connectivity index (χ0n) is 11.0. The molecule has 2 unspecified atom stereocenters. The van der Waals surface area contributed by atoms with Crippen molar-refractivity contribution in [3.63, 3.8) is 0 Å². The molecule has 1 fully saturated rings. The fourth-order valence-electron chi connectivity index (χ4n) is 2.88. The first-order chi connectivity index (χ1) is 8.44. The van der Waals surface area contributed by atoms with Crippen molar-refractivity contribution in [1.82, 2.24) is 0 Å². The van der Waals surface area contributed by atoms with Crippen LogP contribution in [0.4, 0.5) is 13.2 Å². The van der Waals surface area contributed by atoms with E-state index in [1.807, 2.05) is 0 Å². The zero-order valence-corrected chi connectivity index (χ0v) is 11.0. The van der Waals surface area contributed by atoms with E-state index in [1.165, 1.54) is 19.3 Å². The molecule has 0 spiro atoms. The lowest BCUT2D eigenvalue weighted by molar-refractivity contribution is -0.136. The fraction of sp³-hybridized carbons (Fsp3) is 1.00. The van der Waals surface area contributed by atoms with Crippen LogP contribution in [0.1, 0.15) is 51.4 Å². The maximum atomic E-state index is 12.1. The lowest BCUT2D eigenvalue weighted by Crippen LogP contribution is -2.42. The summed E-state index contributed by atoms with van der Waals surface area (Å²) in [4.78, 5) is 0. The second kappa shape index (κ2) is 7.34. The second-order valence-corrected chi connectivity index (χ2v) is 5.27. The van der Waals surface area contributed by atoms with Gasteiger partial charge in [0, 0.05) is 19.6 Å². The Morgan fingerprint density at radius 3 is 2.33 bits per heavy atom. The van der Waals surface area contributed by atoms with Crippen LogP contribution in [-0.4, -0.2) is 25.4 Å². The number of ether oxygens (including phenoxy) is 1. The number of nitrogens with two attached hydrogens (primary N) is 1. The molecule has 0 aromatic heterocycles. The molecule has 108 valence electrons. The van der Waals surface area contributed by atoms with E-state index < -0.39 is 12.6 Å². The Morgan fingerprint density at radius 1 is 1.22 bits per heavy atom. The van der Waals surface area contributed by atoms with Gasteiger partial charge < -0.3 is 10.5 Å². The summed E-state index contributed by atoms with van der Waals surface area (Å²) < 4.78 is 41.6. The van der Waals surface area contributed by atoms with E-state index in [0.717, 1.165) is 12.8 Å². The van der Waals surface area contributed by atoms with Gasteiger partial charge in [0.05, 0.1) is 6.10 Å². The van der Waals surface area contributed by atoms with E-state index in [1.54, 1.807) is 7.11 Å². The Bertz CT molecular complexity index is 227. The van der Waals surface area contributed by atoms with E-state index >= 15 is 0 Å². The van der Waals surface area contributed by atoms with Gasteiger partial charge in [0.1, 0.15) is 0 Å². The number of halogens is 3. The molecule has 5 heteroatoms. The quantitative estimate of drug-likeness (QED) is 0.797. The lowest BCUT2D eigenvalue weighted by atomic mass is 9.81. The van der Waals surface area contributed by atoms with Crippen molar-refractivity contribution in [2.45, 2.75) is 69.7 Å². The molecule has 1 saturated carbocycles. The minimum atomic E-state index is -4.08. The van der Waals surface area contributed by atoms with Gasteiger partial charge in [-0.1, -0.05) is 19.3 Å². The molecule has 0 heterocycles.